The first kappa shape index (κ1) is 13.0. The molecule has 1 aromatic carbocycles. The fourth-order valence-corrected chi connectivity index (χ4v) is 2.13. The molecular formula is C11H14FNO2S. The number of aliphatic carboxylic acids is 1. The first-order chi connectivity index (χ1) is 7.63. The number of thioether (sulfide) groups is 1. The summed E-state index contributed by atoms with van der Waals surface area (Å²) in [6.07, 6.45) is 0.536. The van der Waals surface area contributed by atoms with Gasteiger partial charge in [-0.3, -0.25) is 4.79 Å². The van der Waals surface area contributed by atoms with Crippen molar-refractivity contribution in [3.8, 4) is 0 Å². The Hall–Kier alpha value is -1.07. The summed E-state index contributed by atoms with van der Waals surface area (Å²) in [6, 6.07) is 5.65. The minimum atomic E-state index is -0.845. The number of hydrogen-bond acceptors (Lipinski definition) is 3. The molecule has 0 heterocycles. The number of rotatable bonds is 6. The highest BCUT2D eigenvalue weighted by atomic mass is 32.2. The lowest BCUT2D eigenvalue weighted by atomic mass is 10.2. The van der Waals surface area contributed by atoms with E-state index in [-0.39, 0.29) is 5.82 Å². The van der Waals surface area contributed by atoms with E-state index in [0.29, 0.717) is 12.2 Å². The van der Waals surface area contributed by atoms with Crippen LogP contribution in [0.4, 0.5) is 4.39 Å². The van der Waals surface area contributed by atoms with Crippen LogP contribution < -0.4 is 5.32 Å². The van der Waals surface area contributed by atoms with Crippen LogP contribution in [0.5, 0.6) is 0 Å². The van der Waals surface area contributed by atoms with E-state index in [9.17, 15) is 9.18 Å². The summed E-state index contributed by atoms with van der Waals surface area (Å²) in [7, 11) is 1.63. The molecule has 1 unspecified atom stereocenters. The topological polar surface area (TPSA) is 49.3 Å². The molecule has 1 atom stereocenters. The van der Waals surface area contributed by atoms with E-state index in [1.165, 1.54) is 23.9 Å². The number of hydrogen-bond donors (Lipinski definition) is 2. The molecule has 0 aliphatic carbocycles. The Morgan fingerprint density at radius 2 is 2.12 bits per heavy atom. The lowest BCUT2D eigenvalue weighted by Gasteiger charge is -2.10. The number of nitrogens with one attached hydrogen (secondary N) is 1. The molecule has 0 amide bonds. The van der Waals surface area contributed by atoms with Crippen LogP contribution in [-0.4, -0.2) is 29.9 Å². The van der Waals surface area contributed by atoms with Crippen molar-refractivity contribution in [2.75, 3.05) is 12.8 Å². The Balaban J connectivity index is 2.35. The summed E-state index contributed by atoms with van der Waals surface area (Å²) < 4.78 is 12.6. The van der Waals surface area contributed by atoms with Crippen molar-refractivity contribution in [3.63, 3.8) is 0 Å². The van der Waals surface area contributed by atoms with E-state index in [0.717, 1.165) is 4.90 Å². The maximum atomic E-state index is 12.6. The van der Waals surface area contributed by atoms with E-state index in [1.807, 2.05) is 0 Å². The Labute approximate surface area is 98.1 Å². The standard InChI is InChI=1S/C11H14FNO2S/c1-13-10(11(14)15)6-7-16-9-4-2-8(12)3-5-9/h2-5,10,13H,6-7H2,1H3,(H,14,15). The molecule has 0 aromatic heterocycles. The largest absolute Gasteiger partial charge is 0.480 e. The highest BCUT2D eigenvalue weighted by Gasteiger charge is 2.13. The van der Waals surface area contributed by atoms with Gasteiger partial charge in [-0.15, -0.1) is 11.8 Å². The fraction of sp³-hybridized carbons (Fsp3) is 0.364. The molecule has 0 spiro atoms. The van der Waals surface area contributed by atoms with Crippen molar-refractivity contribution < 1.29 is 14.3 Å². The monoisotopic (exact) mass is 243 g/mol. The molecule has 0 fully saturated rings. The third kappa shape index (κ3) is 4.20. The zero-order valence-corrected chi connectivity index (χ0v) is 9.76. The van der Waals surface area contributed by atoms with Gasteiger partial charge < -0.3 is 10.4 Å². The summed E-state index contributed by atoms with van der Waals surface area (Å²) in [6.45, 7) is 0. The van der Waals surface area contributed by atoms with Gasteiger partial charge in [0, 0.05) is 10.6 Å². The van der Waals surface area contributed by atoms with Crippen molar-refractivity contribution in [2.24, 2.45) is 0 Å². The van der Waals surface area contributed by atoms with Crippen LogP contribution in [0.1, 0.15) is 6.42 Å². The van der Waals surface area contributed by atoms with Crippen molar-refractivity contribution >= 4 is 17.7 Å². The molecule has 0 saturated heterocycles. The molecule has 5 heteroatoms. The molecule has 0 bridgehead atoms. The Kier molecular flexibility index (Phi) is 5.28. The maximum Gasteiger partial charge on any atom is 0.320 e. The molecule has 16 heavy (non-hydrogen) atoms. The molecular weight excluding hydrogens is 229 g/mol. The second-order valence-corrected chi connectivity index (χ2v) is 4.44. The summed E-state index contributed by atoms with van der Waals surface area (Å²) in [5, 5.41) is 11.5. The summed E-state index contributed by atoms with van der Waals surface area (Å²) in [4.78, 5) is 11.6. The number of carbonyl (C=O) groups is 1. The Morgan fingerprint density at radius 3 is 2.62 bits per heavy atom. The first-order valence-corrected chi connectivity index (χ1v) is 5.90. The SMILES string of the molecule is CNC(CCSc1ccc(F)cc1)C(=O)O. The number of carboxylic acids is 1. The lowest BCUT2D eigenvalue weighted by molar-refractivity contribution is -0.139. The number of halogens is 1. The van der Waals surface area contributed by atoms with Crippen molar-refractivity contribution in [3.05, 3.63) is 30.1 Å². The van der Waals surface area contributed by atoms with E-state index in [1.54, 1.807) is 19.2 Å². The molecule has 88 valence electrons. The summed E-state index contributed by atoms with van der Waals surface area (Å²) >= 11 is 1.52. The minimum Gasteiger partial charge on any atom is -0.480 e. The van der Waals surface area contributed by atoms with Crippen molar-refractivity contribution in [2.45, 2.75) is 17.4 Å². The average Bonchev–Trinajstić information content (AvgIpc) is 2.26. The lowest BCUT2D eigenvalue weighted by Crippen LogP contribution is -2.34. The van der Waals surface area contributed by atoms with Gasteiger partial charge in [-0.2, -0.15) is 0 Å². The van der Waals surface area contributed by atoms with Gasteiger partial charge in [-0.1, -0.05) is 0 Å². The van der Waals surface area contributed by atoms with Gasteiger partial charge in [-0.25, -0.2) is 4.39 Å². The quantitative estimate of drug-likeness (QED) is 0.750. The molecule has 3 nitrogen and oxygen atoms in total. The van der Waals surface area contributed by atoms with Crippen molar-refractivity contribution in [1.82, 2.24) is 5.32 Å². The summed E-state index contributed by atoms with van der Waals surface area (Å²) in [5.41, 5.74) is 0. The van der Waals surface area contributed by atoms with Crippen LogP contribution in [0.2, 0.25) is 0 Å². The smallest absolute Gasteiger partial charge is 0.320 e. The maximum absolute atomic E-state index is 12.6. The van der Waals surface area contributed by atoms with Crippen LogP contribution in [-0.2, 0) is 4.79 Å². The van der Waals surface area contributed by atoms with Crippen molar-refractivity contribution in [1.29, 1.82) is 0 Å². The van der Waals surface area contributed by atoms with E-state index < -0.39 is 12.0 Å². The third-order valence-electron chi connectivity index (χ3n) is 2.14. The number of carboxylic acid groups (broad SMARTS) is 1. The predicted octanol–water partition coefficient (Wildman–Crippen LogP) is 1.98. The second-order valence-electron chi connectivity index (χ2n) is 3.27. The predicted molar refractivity (Wildman–Crippen MR) is 62.2 cm³/mol. The van der Waals surface area contributed by atoms with Gasteiger partial charge in [0.15, 0.2) is 0 Å². The van der Waals surface area contributed by atoms with Crippen LogP contribution in [0.15, 0.2) is 29.2 Å². The normalized spacial score (nSPS) is 12.4. The Morgan fingerprint density at radius 1 is 1.50 bits per heavy atom. The molecule has 2 N–H and O–H groups in total. The van der Waals surface area contributed by atoms with Crippen LogP contribution >= 0.6 is 11.8 Å². The van der Waals surface area contributed by atoms with Crippen LogP contribution in [0, 0.1) is 5.82 Å². The second kappa shape index (κ2) is 6.50. The van der Waals surface area contributed by atoms with Gasteiger partial charge in [0.25, 0.3) is 0 Å². The highest BCUT2D eigenvalue weighted by molar-refractivity contribution is 7.99. The average molecular weight is 243 g/mol. The minimum absolute atomic E-state index is 0.261. The third-order valence-corrected chi connectivity index (χ3v) is 3.18. The fourth-order valence-electron chi connectivity index (χ4n) is 1.22. The van der Waals surface area contributed by atoms with Gasteiger partial charge in [0.2, 0.25) is 0 Å². The molecule has 0 saturated carbocycles. The number of likely N-dealkylation sites (N-methyl/N-ethyl adjacent to an activating group) is 1. The molecule has 0 aliphatic heterocycles. The molecule has 1 rings (SSSR count). The number of benzene rings is 1. The van der Waals surface area contributed by atoms with E-state index in [2.05, 4.69) is 5.32 Å². The molecule has 0 radical (unpaired) electrons. The van der Waals surface area contributed by atoms with Gasteiger partial charge >= 0.3 is 5.97 Å². The van der Waals surface area contributed by atoms with Gasteiger partial charge in [-0.05, 0) is 37.7 Å². The molecule has 0 aliphatic rings. The zero-order valence-electron chi connectivity index (χ0n) is 8.94. The summed E-state index contributed by atoms with van der Waals surface area (Å²) in [5.74, 6) is -0.422. The Bertz CT molecular complexity index is 342. The molecule has 1 aromatic rings. The van der Waals surface area contributed by atoms with E-state index >= 15 is 0 Å². The van der Waals surface area contributed by atoms with Crippen LogP contribution in [0.25, 0.3) is 0 Å². The van der Waals surface area contributed by atoms with Gasteiger partial charge in [0.1, 0.15) is 11.9 Å². The highest BCUT2D eigenvalue weighted by Crippen LogP contribution is 2.19. The van der Waals surface area contributed by atoms with Gasteiger partial charge in [0.05, 0.1) is 0 Å². The van der Waals surface area contributed by atoms with Crippen LogP contribution in [0.3, 0.4) is 0 Å². The zero-order chi connectivity index (χ0) is 12.0. The van der Waals surface area contributed by atoms with E-state index in [4.69, 9.17) is 5.11 Å². The first-order valence-electron chi connectivity index (χ1n) is 4.92.